The number of nitrogens with zero attached hydrogens (tertiary/aromatic N) is 1. The van der Waals surface area contributed by atoms with Crippen LogP contribution >= 0.6 is 27.3 Å². The van der Waals surface area contributed by atoms with Crippen molar-refractivity contribution in [3.05, 3.63) is 45.2 Å². The zero-order chi connectivity index (χ0) is 18.0. The highest BCUT2D eigenvalue weighted by Crippen LogP contribution is 2.33. The van der Waals surface area contributed by atoms with Gasteiger partial charge in [-0.05, 0) is 34.0 Å². The Labute approximate surface area is 156 Å². The number of fused-ring (bicyclic) bond motifs is 1. The molecule has 1 aliphatic heterocycles. The van der Waals surface area contributed by atoms with Crippen LogP contribution in [-0.2, 0) is 20.7 Å². The van der Waals surface area contributed by atoms with Crippen LogP contribution < -0.4 is 10.2 Å². The van der Waals surface area contributed by atoms with Crippen molar-refractivity contribution in [2.75, 3.05) is 23.9 Å². The number of ether oxygens (including phenoxy) is 1. The van der Waals surface area contributed by atoms with E-state index in [9.17, 15) is 14.4 Å². The molecule has 130 valence electrons. The number of benzene rings is 1. The first-order valence-electron chi connectivity index (χ1n) is 7.54. The van der Waals surface area contributed by atoms with Crippen LogP contribution in [0.4, 0.5) is 10.7 Å². The van der Waals surface area contributed by atoms with Crippen molar-refractivity contribution in [2.24, 2.45) is 0 Å². The molecular formula is C17H15BrN2O4S. The van der Waals surface area contributed by atoms with E-state index < -0.39 is 5.97 Å². The van der Waals surface area contributed by atoms with E-state index in [1.54, 1.807) is 5.38 Å². The number of anilines is 2. The largest absolute Gasteiger partial charge is 0.465 e. The van der Waals surface area contributed by atoms with Gasteiger partial charge in [-0.15, -0.1) is 11.3 Å². The molecule has 2 amide bonds. The summed E-state index contributed by atoms with van der Waals surface area (Å²) in [6, 6.07) is 7.55. The number of carbonyl (C=O) groups excluding carboxylic acids is 3. The average Bonchev–Trinajstić information content (AvgIpc) is 2.97. The molecule has 0 radical (unpaired) electrons. The van der Waals surface area contributed by atoms with Gasteiger partial charge in [0.2, 0.25) is 11.8 Å². The van der Waals surface area contributed by atoms with Crippen LogP contribution in [0.2, 0.25) is 0 Å². The number of nitrogens with one attached hydrogen (secondary N) is 1. The van der Waals surface area contributed by atoms with Gasteiger partial charge in [0.05, 0.1) is 7.11 Å². The van der Waals surface area contributed by atoms with E-state index in [0.29, 0.717) is 22.3 Å². The molecule has 0 unspecified atom stereocenters. The minimum absolute atomic E-state index is 0.0885. The highest BCUT2D eigenvalue weighted by atomic mass is 79.9. The summed E-state index contributed by atoms with van der Waals surface area (Å²) >= 11 is 4.49. The summed E-state index contributed by atoms with van der Waals surface area (Å²) in [5, 5.41) is 4.79. The van der Waals surface area contributed by atoms with E-state index in [-0.39, 0.29) is 23.9 Å². The van der Waals surface area contributed by atoms with Crippen molar-refractivity contribution in [3.8, 4) is 0 Å². The molecule has 0 aliphatic carbocycles. The summed E-state index contributed by atoms with van der Waals surface area (Å²) in [6.45, 7) is -0.105. The number of halogens is 1. The Morgan fingerprint density at radius 3 is 2.84 bits per heavy atom. The van der Waals surface area contributed by atoms with Crippen LogP contribution in [0.3, 0.4) is 0 Å². The summed E-state index contributed by atoms with van der Waals surface area (Å²) in [7, 11) is 1.28. The number of methoxy groups -OCH3 is 1. The summed E-state index contributed by atoms with van der Waals surface area (Å²) < 4.78 is 5.29. The molecule has 0 fully saturated rings. The Hall–Kier alpha value is -2.19. The third-order valence-corrected chi connectivity index (χ3v) is 5.71. The van der Waals surface area contributed by atoms with E-state index >= 15 is 0 Å². The molecule has 8 heteroatoms. The van der Waals surface area contributed by atoms with Crippen LogP contribution in [0.1, 0.15) is 22.3 Å². The predicted molar refractivity (Wildman–Crippen MR) is 99.1 cm³/mol. The van der Waals surface area contributed by atoms with Gasteiger partial charge in [0.1, 0.15) is 17.1 Å². The fourth-order valence-corrected chi connectivity index (χ4v) is 4.30. The van der Waals surface area contributed by atoms with E-state index in [1.165, 1.54) is 23.3 Å². The van der Waals surface area contributed by atoms with Crippen molar-refractivity contribution in [1.82, 2.24) is 0 Å². The number of para-hydroxylation sites is 1. The van der Waals surface area contributed by atoms with E-state index in [0.717, 1.165) is 11.3 Å². The molecule has 0 spiro atoms. The summed E-state index contributed by atoms with van der Waals surface area (Å²) in [6.07, 6.45) is 1.06. The second-order valence-electron chi connectivity index (χ2n) is 5.44. The molecule has 1 aromatic heterocycles. The first-order chi connectivity index (χ1) is 12.0. The molecule has 2 heterocycles. The molecule has 0 saturated carbocycles. The average molecular weight is 423 g/mol. The van der Waals surface area contributed by atoms with E-state index in [1.807, 2.05) is 24.3 Å². The quantitative estimate of drug-likeness (QED) is 0.767. The fraction of sp³-hybridized carbons (Fsp3) is 0.235. The van der Waals surface area contributed by atoms with Gasteiger partial charge >= 0.3 is 5.97 Å². The van der Waals surface area contributed by atoms with Crippen LogP contribution in [0.5, 0.6) is 0 Å². The van der Waals surface area contributed by atoms with Crippen molar-refractivity contribution in [3.63, 3.8) is 0 Å². The number of rotatable bonds is 4. The second-order valence-corrected chi connectivity index (χ2v) is 7.17. The summed E-state index contributed by atoms with van der Waals surface area (Å²) in [5.74, 6) is -0.998. The zero-order valence-corrected chi connectivity index (χ0v) is 15.8. The first kappa shape index (κ1) is 17.6. The Balaban J connectivity index is 1.78. The molecule has 6 nitrogen and oxygen atoms in total. The molecule has 0 saturated heterocycles. The molecule has 2 aromatic rings. The fourth-order valence-electron chi connectivity index (χ4n) is 2.70. The van der Waals surface area contributed by atoms with Gasteiger partial charge in [-0.3, -0.25) is 9.59 Å². The lowest BCUT2D eigenvalue weighted by Crippen LogP contribution is -2.40. The Bertz CT molecular complexity index is 849. The zero-order valence-electron chi connectivity index (χ0n) is 13.4. The first-order valence-corrected chi connectivity index (χ1v) is 9.22. The molecule has 1 N–H and O–H groups in total. The summed E-state index contributed by atoms with van der Waals surface area (Å²) in [5.41, 5.74) is 2.07. The SMILES string of the molecule is COC(=O)c1c(Br)csc1NC(=O)CN1C(=O)CCc2ccccc21. The third kappa shape index (κ3) is 3.59. The lowest BCUT2D eigenvalue weighted by molar-refractivity contribution is -0.121. The topological polar surface area (TPSA) is 75.7 Å². The van der Waals surface area contributed by atoms with Gasteiger partial charge in [0.15, 0.2) is 0 Å². The maximum absolute atomic E-state index is 12.4. The van der Waals surface area contributed by atoms with Crippen LogP contribution in [0.15, 0.2) is 34.1 Å². The minimum Gasteiger partial charge on any atom is -0.465 e. The van der Waals surface area contributed by atoms with Crippen molar-refractivity contribution < 1.29 is 19.1 Å². The normalized spacial score (nSPS) is 13.4. The maximum atomic E-state index is 12.4. The molecule has 0 atom stereocenters. The highest BCUT2D eigenvalue weighted by Gasteiger charge is 2.27. The lowest BCUT2D eigenvalue weighted by Gasteiger charge is -2.28. The van der Waals surface area contributed by atoms with E-state index in [4.69, 9.17) is 4.74 Å². The van der Waals surface area contributed by atoms with Gasteiger partial charge in [-0.1, -0.05) is 18.2 Å². The number of amides is 2. The van der Waals surface area contributed by atoms with Crippen LogP contribution in [0, 0.1) is 0 Å². The third-order valence-electron chi connectivity index (χ3n) is 3.88. The smallest absolute Gasteiger partial charge is 0.342 e. The Kier molecular flexibility index (Phi) is 5.19. The van der Waals surface area contributed by atoms with Gasteiger partial charge in [0.25, 0.3) is 0 Å². The van der Waals surface area contributed by atoms with Crippen LogP contribution in [0.25, 0.3) is 0 Å². The molecule has 3 rings (SSSR count). The molecule has 0 bridgehead atoms. The Morgan fingerprint density at radius 1 is 1.32 bits per heavy atom. The van der Waals surface area contributed by atoms with Crippen molar-refractivity contribution in [1.29, 1.82) is 0 Å². The second kappa shape index (κ2) is 7.37. The molecule has 1 aromatic carbocycles. The maximum Gasteiger partial charge on any atom is 0.342 e. The number of thiophene rings is 1. The van der Waals surface area contributed by atoms with Crippen molar-refractivity contribution >= 4 is 55.7 Å². The van der Waals surface area contributed by atoms with Crippen molar-refractivity contribution in [2.45, 2.75) is 12.8 Å². The standard InChI is InChI=1S/C17H15BrN2O4S/c1-24-17(23)15-11(18)9-25-16(15)19-13(21)8-20-12-5-3-2-4-10(12)6-7-14(20)22/h2-5,9H,6-8H2,1H3,(H,19,21). The monoisotopic (exact) mass is 422 g/mol. The number of carbonyl (C=O) groups is 3. The molecular weight excluding hydrogens is 408 g/mol. The lowest BCUT2D eigenvalue weighted by atomic mass is 10.0. The number of esters is 1. The predicted octanol–water partition coefficient (Wildman–Crippen LogP) is 3.22. The number of hydrogen-bond acceptors (Lipinski definition) is 5. The number of hydrogen-bond donors (Lipinski definition) is 1. The molecule has 25 heavy (non-hydrogen) atoms. The number of aryl methyl sites for hydroxylation is 1. The summed E-state index contributed by atoms with van der Waals surface area (Å²) in [4.78, 5) is 38.0. The Morgan fingerprint density at radius 2 is 2.08 bits per heavy atom. The molecule has 1 aliphatic rings. The van der Waals surface area contributed by atoms with Gasteiger partial charge < -0.3 is 15.0 Å². The minimum atomic E-state index is -0.539. The van der Waals surface area contributed by atoms with Crippen LogP contribution in [-0.4, -0.2) is 31.4 Å². The highest BCUT2D eigenvalue weighted by molar-refractivity contribution is 9.10. The van der Waals surface area contributed by atoms with Gasteiger partial charge in [-0.25, -0.2) is 4.79 Å². The van der Waals surface area contributed by atoms with Gasteiger partial charge in [0, 0.05) is 22.0 Å². The van der Waals surface area contributed by atoms with Gasteiger partial charge in [-0.2, -0.15) is 0 Å². The van der Waals surface area contributed by atoms with E-state index in [2.05, 4.69) is 21.2 Å².